The quantitative estimate of drug-likeness (QED) is 0.400. The lowest BCUT2D eigenvalue weighted by Gasteiger charge is -2.07. The molecule has 0 fully saturated rings. The van der Waals surface area contributed by atoms with Crippen LogP contribution in [-0.2, 0) is 0 Å². The van der Waals surface area contributed by atoms with Crippen molar-refractivity contribution < 1.29 is 9.66 Å². The smallest absolute Gasteiger partial charge is 0.272 e. The predicted molar refractivity (Wildman–Crippen MR) is 76.1 cm³/mol. The number of hydrogen-bond acceptors (Lipinski definition) is 7. The maximum Gasteiger partial charge on any atom is 0.272 e. The average Bonchev–Trinajstić information content (AvgIpc) is 2.37. The number of anilines is 1. The van der Waals surface area contributed by atoms with Crippen molar-refractivity contribution >= 4 is 23.3 Å². The van der Waals surface area contributed by atoms with Crippen LogP contribution in [0.5, 0.6) is 11.6 Å². The van der Waals surface area contributed by atoms with Gasteiger partial charge in [-0.1, -0.05) is 11.8 Å². The topological polar surface area (TPSA) is 104 Å². The van der Waals surface area contributed by atoms with Crippen molar-refractivity contribution in [1.82, 2.24) is 9.97 Å². The van der Waals surface area contributed by atoms with Gasteiger partial charge in [0.2, 0.25) is 5.88 Å². The molecule has 0 unspecified atom stereocenters. The zero-order valence-corrected chi connectivity index (χ0v) is 11.7. The van der Waals surface area contributed by atoms with Crippen molar-refractivity contribution in [3.05, 3.63) is 39.9 Å². The lowest BCUT2D eigenvalue weighted by molar-refractivity contribution is -0.385. The van der Waals surface area contributed by atoms with E-state index in [0.717, 1.165) is 0 Å². The zero-order chi connectivity index (χ0) is 14.7. The van der Waals surface area contributed by atoms with Gasteiger partial charge in [-0.3, -0.25) is 10.1 Å². The van der Waals surface area contributed by atoms with Crippen molar-refractivity contribution in [2.75, 3.05) is 12.0 Å². The summed E-state index contributed by atoms with van der Waals surface area (Å²) in [6.07, 6.45) is 1.83. The molecular weight excluding hydrogens is 280 g/mol. The van der Waals surface area contributed by atoms with E-state index in [4.69, 9.17) is 10.5 Å². The predicted octanol–water partition coefficient (Wildman–Crippen LogP) is 2.79. The molecule has 2 aromatic rings. The largest absolute Gasteiger partial charge is 0.439 e. The highest BCUT2D eigenvalue weighted by Crippen LogP contribution is 2.27. The summed E-state index contributed by atoms with van der Waals surface area (Å²) in [5, 5.41) is 11.2. The Labute approximate surface area is 119 Å². The van der Waals surface area contributed by atoms with Crippen LogP contribution in [0.15, 0.2) is 29.4 Å². The second-order valence-corrected chi connectivity index (χ2v) is 4.70. The minimum atomic E-state index is -0.437. The number of aromatic nitrogens is 2. The van der Waals surface area contributed by atoms with Crippen molar-refractivity contribution in [3.63, 3.8) is 0 Å². The van der Waals surface area contributed by atoms with Gasteiger partial charge in [0.05, 0.1) is 4.92 Å². The van der Waals surface area contributed by atoms with Crippen molar-refractivity contribution in [3.8, 4) is 11.6 Å². The van der Waals surface area contributed by atoms with Crippen LogP contribution in [0.25, 0.3) is 0 Å². The van der Waals surface area contributed by atoms with Gasteiger partial charge in [0, 0.05) is 17.7 Å². The summed E-state index contributed by atoms with van der Waals surface area (Å²) in [7, 11) is 0. The summed E-state index contributed by atoms with van der Waals surface area (Å²) in [5.41, 5.74) is 6.21. The van der Waals surface area contributed by atoms with Crippen molar-refractivity contribution in [1.29, 1.82) is 0 Å². The first-order valence-corrected chi connectivity index (χ1v) is 6.83. The third-order valence-electron chi connectivity index (χ3n) is 2.47. The minimum Gasteiger partial charge on any atom is -0.439 e. The maximum atomic E-state index is 10.7. The summed E-state index contributed by atoms with van der Waals surface area (Å²) in [4.78, 5) is 18.5. The van der Waals surface area contributed by atoms with Crippen molar-refractivity contribution in [2.45, 2.75) is 12.1 Å². The zero-order valence-electron chi connectivity index (χ0n) is 10.9. The Kier molecular flexibility index (Phi) is 4.04. The van der Waals surface area contributed by atoms with Crippen molar-refractivity contribution in [2.24, 2.45) is 0 Å². The molecule has 0 amide bonds. The minimum absolute atomic E-state index is 0.0457. The number of aryl methyl sites for hydroxylation is 1. The molecule has 0 spiro atoms. The van der Waals surface area contributed by atoms with Crippen LogP contribution < -0.4 is 10.5 Å². The number of thioether (sulfide) groups is 1. The summed E-state index contributed by atoms with van der Waals surface area (Å²) in [6, 6.07) is 5.98. The van der Waals surface area contributed by atoms with Gasteiger partial charge in [-0.15, -0.1) is 0 Å². The van der Waals surface area contributed by atoms with E-state index in [0.29, 0.717) is 28.2 Å². The number of nitrogens with zero attached hydrogens (tertiary/aromatic N) is 3. The molecule has 0 aliphatic carbocycles. The summed E-state index contributed by atoms with van der Waals surface area (Å²) >= 11 is 1.35. The van der Waals surface area contributed by atoms with Gasteiger partial charge >= 0.3 is 0 Å². The number of rotatable bonds is 4. The fourth-order valence-electron chi connectivity index (χ4n) is 1.58. The molecule has 1 aromatic heterocycles. The van der Waals surface area contributed by atoms with E-state index in [-0.39, 0.29) is 5.69 Å². The molecule has 1 heterocycles. The van der Waals surface area contributed by atoms with Gasteiger partial charge in [-0.2, -0.15) is 4.98 Å². The summed E-state index contributed by atoms with van der Waals surface area (Å²) in [5.74, 6) is 1.06. The van der Waals surface area contributed by atoms with Crippen LogP contribution in [0.2, 0.25) is 0 Å². The van der Waals surface area contributed by atoms with Gasteiger partial charge in [0.15, 0.2) is 5.16 Å². The number of nitrogens with two attached hydrogens (primary N) is 1. The number of hydrogen-bond donors (Lipinski definition) is 1. The lowest BCUT2D eigenvalue weighted by Crippen LogP contribution is -1.98. The van der Waals surface area contributed by atoms with Crippen LogP contribution in [0.4, 0.5) is 11.5 Å². The van der Waals surface area contributed by atoms with Gasteiger partial charge in [-0.25, -0.2) is 4.98 Å². The van der Waals surface area contributed by atoms with E-state index in [1.54, 1.807) is 13.0 Å². The molecule has 20 heavy (non-hydrogen) atoms. The number of benzene rings is 1. The van der Waals surface area contributed by atoms with E-state index >= 15 is 0 Å². The third-order valence-corrected chi connectivity index (χ3v) is 3.02. The monoisotopic (exact) mass is 292 g/mol. The standard InChI is InChI=1S/C12H12N4O3S/c1-7-5-8(3-4-9(7)16(17)18)19-11-6-10(13)14-12(15-11)20-2/h3-6H,1-2H3,(H2,13,14,15). The fourth-order valence-corrected chi connectivity index (χ4v) is 1.96. The first-order chi connectivity index (χ1) is 9.49. The first kappa shape index (κ1) is 14.1. The summed E-state index contributed by atoms with van der Waals surface area (Å²) < 4.78 is 5.55. The molecule has 0 aliphatic heterocycles. The van der Waals surface area contributed by atoms with Crippen LogP contribution in [0.1, 0.15) is 5.56 Å². The molecule has 0 radical (unpaired) electrons. The fraction of sp³-hybridized carbons (Fsp3) is 0.167. The molecule has 104 valence electrons. The number of ether oxygens (including phenoxy) is 1. The number of nitro benzene ring substituents is 1. The molecule has 0 bridgehead atoms. The second kappa shape index (κ2) is 5.74. The maximum absolute atomic E-state index is 10.7. The average molecular weight is 292 g/mol. The van der Waals surface area contributed by atoms with Gasteiger partial charge in [0.1, 0.15) is 11.6 Å². The highest BCUT2D eigenvalue weighted by Gasteiger charge is 2.12. The molecule has 0 saturated carbocycles. The highest BCUT2D eigenvalue weighted by molar-refractivity contribution is 7.98. The molecule has 0 saturated heterocycles. The molecule has 1 aromatic carbocycles. The first-order valence-electron chi connectivity index (χ1n) is 5.61. The number of nitrogen functional groups attached to an aromatic ring is 1. The van der Waals surface area contributed by atoms with Crippen LogP contribution in [0, 0.1) is 17.0 Å². The molecule has 2 N–H and O–H groups in total. The Balaban J connectivity index is 2.28. The lowest BCUT2D eigenvalue weighted by atomic mass is 10.2. The molecule has 7 nitrogen and oxygen atoms in total. The van der Waals surface area contributed by atoms with Crippen LogP contribution >= 0.6 is 11.8 Å². The van der Waals surface area contributed by atoms with Crippen LogP contribution in [-0.4, -0.2) is 21.1 Å². The number of nitro groups is 1. The van der Waals surface area contributed by atoms with E-state index in [2.05, 4.69) is 9.97 Å². The molecule has 0 aliphatic rings. The van der Waals surface area contributed by atoms with E-state index in [9.17, 15) is 10.1 Å². The second-order valence-electron chi connectivity index (χ2n) is 3.93. The Morgan fingerprint density at radius 3 is 2.70 bits per heavy atom. The van der Waals surface area contributed by atoms with E-state index < -0.39 is 4.92 Å². The summed E-state index contributed by atoms with van der Waals surface area (Å²) in [6.45, 7) is 1.65. The van der Waals surface area contributed by atoms with Gasteiger partial charge in [0.25, 0.3) is 5.69 Å². The van der Waals surface area contributed by atoms with E-state index in [1.165, 1.54) is 30.0 Å². The van der Waals surface area contributed by atoms with Gasteiger partial charge in [-0.05, 0) is 25.3 Å². The Bertz CT molecular complexity index is 663. The Morgan fingerprint density at radius 1 is 1.35 bits per heavy atom. The highest BCUT2D eigenvalue weighted by atomic mass is 32.2. The molecule has 2 rings (SSSR count). The molecule has 8 heteroatoms. The van der Waals surface area contributed by atoms with Gasteiger partial charge < -0.3 is 10.5 Å². The van der Waals surface area contributed by atoms with Crippen LogP contribution in [0.3, 0.4) is 0 Å². The Morgan fingerprint density at radius 2 is 2.10 bits per heavy atom. The Hall–Kier alpha value is -2.35. The molecule has 0 atom stereocenters. The normalized spacial score (nSPS) is 10.3. The molecular formula is C12H12N4O3S. The third kappa shape index (κ3) is 3.15. The SMILES string of the molecule is CSc1nc(N)cc(Oc2ccc([N+](=O)[O-])c(C)c2)n1. The van der Waals surface area contributed by atoms with E-state index in [1.807, 2.05) is 6.26 Å².